The van der Waals surface area contributed by atoms with E-state index < -0.39 is 0 Å². The molecule has 0 saturated carbocycles. The summed E-state index contributed by atoms with van der Waals surface area (Å²) >= 11 is 0. The second-order valence-corrected chi connectivity index (χ2v) is 6.60. The molecule has 0 radical (unpaired) electrons. The maximum absolute atomic E-state index is 4.47. The third-order valence-electron chi connectivity index (χ3n) is 5.09. The van der Waals surface area contributed by atoms with Crippen molar-refractivity contribution >= 4 is 18.2 Å². The molecule has 6 heteroatoms. The average Bonchev–Trinajstić information content (AvgIpc) is 2.99. The van der Waals surface area contributed by atoms with Crippen molar-refractivity contribution in [2.24, 2.45) is 0 Å². The molecule has 2 aromatic rings. The summed E-state index contributed by atoms with van der Waals surface area (Å²) in [6, 6.07) is 9.09. The van der Waals surface area contributed by atoms with Crippen molar-refractivity contribution in [1.82, 2.24) is 19.9 Å². The van der Waals surface area contributed by atoms with Gasteiger partial charge < -0.3 is 14.9 Å². The van der Waals surface area contributed by atoms with Crippen molar-refractivity contribution < 1.29 is 0 Å². The van der Waals surface area contributed by atoms with Crippen molar-refractivity contribution in [3.8, 4) is 5.69 Å². The van der Waals surface area contributed by atoms with E-state index >= 15 is 0 Å². The van der Waals surface area contributed by atoms with E-state index in [1.165, 1.54) is 5.69 Å². The molecule has 4 heterocycles. The number of halogens is 1. The number of anilines is 1. The molecule has 4 rings (SSSR count). The van der Waals surface area contributed by atoms with Crippen molar-refractivity contribution in [3.05, 3.63) is 42.4 Å². The Morgan fingerprint density at radius 1 is 1.17 bits per heavy atom. The van der Waals surface area contributed by atoms with Gasteiger partial charge in [-0.2, -0.15) is 0 Å². The molecule has 0 aromatic carbocycles. The Hall–Kier alpha value is -1.56. The van der Waals surface area contributed by atoms with Crippen LogP contribution < -0.4 is 10.9 Å². The normalized spacial score (nSPS) is 19.4. The Labute approximate surface area is 143 Å². The van der Waals surface area contributed by atoms with Crippen LogP contribution in [0.15, 0.2) is 36.7 Å². The van der Waals surface area contributed by atoms with E-state index in [2.05, 4.69) is 63.5 Å². The Kier molecular flexibility index (Phi) is 4.36. The van der Waals surface area contributed by atoms with Crippen LogP contribution in [-0.4, -0.2) is 33.6 Å². The summed E-state index contributed by atoms with van der Waals surface area (Å²) < 4.78 is 2.28. The second-order valence-electron chi connectivity index (χ2n) is 6.60. The van der Waals surface area contributed by atoms with E-state index in [1.807, 2.05) is 12.3 Å². The lowest BCUT2D eigenvalue weighted by molar-refractivity contribution is 0.111. The molecule has 0 unspecified atom stereocenters. The number of hydrogen-bond donors (Lipinski definition) is 2. The summed E-state index contributed by atoms with van der Waals surface area (Å²) in [4.78, 5) is 7.03. The summed E-state index contributed by atoms with van der Waals surface area (Å²) in [6.07, 6.45) is 6.16. The highest BCUT2D eigenvalue weighted by atomic mass is 35.5. The molecule has 0 atom stereocenters. The summed E-state index contributed by atoms with van der Waals surface area (Å²) in [6.45, 7) is 6.78. The van der Waals surface area contributed by atoms with Gasteiger partial charge in [0.15, 0.2) is 5.82 Å². The standard InChI is InChI=1S/C17H23N5.ClH/c1-13(2)21-11-7-17(8-12-21)15-6-4-10-22(15)14-5-3-9-18-16(14)19-20-17;/h3-6,9-10,13,20H,7-8,11-12H2,1-2H3,(H,18,19);1H. The number of likely N-dealkylation sites (tertiary alicyclic amines) is 1. The number of aromatic nitrogens is 2. The van der Waals surface area contributed by atoms with E-state index in [4.69, 9.17) is 0 Å². The zero-order valence-electron chi connectivity index (χ0n) is 13.6. The fourth-order valence-corrected chi connectivity index (χ4v) is 3.71. The lowest BCUT2D eigenvalue weighted by atomic mass is 9.84. The molecule has 2 N–H and O–H groups in total. The molecule has 5 nitrogen and oxygen atoms in total. The third kappa shape index (κ3) is 2.63. The fraction of sp³-hybridized carbons (Fsp3) is 0.471. The highest BCUT2D eigenvalue weighted by molar-refractivity contribution is 5.85. The minimum Gasteiger partial charge on any atom is -0.316 e. The van der Waals surface area contributed by atoms with Gasteiger partial charge in [0.05, 0.1) is 11.2 Å². The van der Waals surface area contributed by atoms with Crippen LogP contribution >= 0.6 is 12.4 Å². The van der Waals surface area contributed by atoms with E-state index in [0.717, 1.165) is 37.4 Å². The number of rotatable bonds is 1. The molecule has 0 aliphatic carbocycles. The van der Waals surface area contributed by atoms with Gasteiger partial charge in [0.2, 0.25) is 0 Å². The Balaban J connectivity index is 0.00000156. The van der Waals surface area contributed by atoms with Gasteiger partial charge in [-0.25, -0.2) is 10.4 Å². The van der Waals surface area contributed by atoms with Crippen LogP contribution in [0.2, 0.25) is 0 Å². The summed E-state index contributed by atoms with van der Waals surface area (Å²) in [5, 5.41) is 0. The summed E-state index contributed by atoms with van der Waals surface area (Å²) in [7, 11) is 0. The molecule has 1 spiro atoms. The smallest absolute Gasteiger partial charge is 0.164 e. The first-order valence-corrected chi connectivity index (χ1v) is 8.10. The Bertz CT molecular complexity index is 673. The minimum absolute atomic E-state index is 0. The number of nitrogens with zero attached hydrogens (tertiary/aromatic N) is 3. The molecular formula is C17H24ClN5. The quantitative estimate of drug-likeness (QED) is 0.842. The van der Waals surface area contributed by atoms with E-state index in [0.29, 0.717) is 6.04 Å². The highest BCUT2D eigenvalue weighted by Crippen LogP contribution is 2.37. The molecule has 0 bridgehead atoms. The molecule has 2 aliphatic heterocycles. The van der Waals surface area contributed by atoms with Gasteiger partial charge in [0.1, 0.15) is 0 Å². The Morgan fingerprint density at radius 3 is 2.70 bits per heavy atom. The molecular weight excluding hydrogens is 310 g/mol. The van der Waals surface area contributed by atoms with Crippen LogP contribution in [0, 0.1) is 0 Å². The molecule has 0 amide bonds. The number of pyridine rings is 1. The van der Waals surface area contributed by atoms with Crippen molar-refractivity contribution in [1.29, 1.82) is 0 Å². The Morgan fingerprint density at radius 2 is 1.96 bits per heavy atom. The topological polar surface area (TPSA) is 45.1 Å². The summed E-state index contributed by atoms with van der Waals surface area (Å²) in [5.41, 5.74) is 9.36. The van der Waals surface area contributed by atoms with Crippen LogP contribution in [0.25, 0.3) is 5.69 Å². The van der Waals surface area contributed by atoms with Gasteiger partial charge in [-0.05, 0) is 51.0 Å². The van der Waals surface area contributed by atoms with Gasteiger partial charge in [-0.15, -0.1) is 12.4 Å². The van der Waals surface area contributed by atoms with E-state index in [9.17, 15) is 0 Å². The zero-order chi connectivity index (χ0) is 15.2. The first-order valence-electron chi connectivity index (χ1n) is 8.10. The van der Waals surface area contributed by atoms with Crippen LogP contribution in [0.4, 0.5) is 5.82 Å². The number of piperidine rings is 1. The zero-order valence-corrected chi connectivity index (χ0v) is 14.4. The summed E-state index contributed by atoms with van der Waals surface area (Å²) in [5.74, 6) is 0.892. The number of nitrogens with one attached hydrogen (secondary N) is 2. The van der Waals surface area contributed by atoms with Crippen LogP contribution in [-0.2, 0) is 5.54 Å². The van der Waals surface area contributed by atoms with Crippen molar-refractivity contribution in [3.63, 3.8) is 0 Å². The molecule has 1 saturated heterocycles. The van der Waals surface area contributed by atoms with Gasteiger partial charge in [-0.3, -0.25) is 0 Å². The lowest BCUT2D eigenvalue weighted by Gasteiger charge is -2.43. The molecule has 23 heavy (non-hydrogen) atoms. The van der Waals surface area contributed by atoms with Gasteiger partial charge >= 0.3 is 0 Å². The minimum atomic E-state index is -0.0322. The molecule has 1 fully saturated rings. The maximum atomic E-state index is 4.47. The molecule has 124 valence electrons. The van der Waals surface area contributed by atoms with Crippen molar-refractivity contribution in [2.75, 3.05) is 18.5 Å². The maximum Gasteiger partial charge on any atom is 0.164 e. The number of hydrazine groups is 1. The SMILES string of the molecule is CC(C)N1CCC2(CC1)NNc1ncccc1-n1cccc12.Cl. The average molecular weight is 334 g/mol. The number of fused-ring (bicyclic) bond motifs is 4. The second kappa shape index (κ2) is 6.15. The largest absolute Gasteiger partial charge is 0.316 e. The lowest BCUT2D eigenvalue weighted by Crippen LogP contribution is -2.54. The van der Waals surface area contributed by atoms with E-state index in [1.54, 1.807) is 0 Å². The van der Waals surface area contributed by atoms with Crippen LogP contribution in [0.1, 0.15) is 32.4 Å². The van der Waals surface area contributed by atoms with Gasteiger partial charge in [0.25, 0.3) is 0 Å². The van der Waals surface area contributed by atoms with Crippen LogP contribution in [0.5, 0.6) is 0 Å². The predicted octanol–water partition coefficient (Wildman–Crippen LogP) is 2.92. The fourth-order valence-electron chi connectivity index (χ4n) is 3.71. The monoisotopic (exact) mass is 333 g/mol. The van der Waals surface area contributed by atoms with Crippen molar-refractivity contribution in [2.45, 2.75) is 38.3 Å². The van der Waals surface area contributed by atoms with Crippen LogP contribution in [0.3, 0.4) is 0 Å². The predicted molar refractivity (Wildman–Crippen MR) is 95.2 cm³/mol. The van der Waals surface area contributed by atoms with Gasteiger partial charge in [-0.1, -0.05) is 0 Å². The first-order chi connectivity index (χ1) is 10.7. The first kappa shape index (κ1) is 16.3. The van der Waals surface area contributed by atoms with E-state index in [-0.39, 0.29) is 17.9 Å². The van der Waals surface area contributed by atoms with Gasteiger partial charge in [0, 0.05) is 37.2 Å². The molecule has 2 aliphatic rings. The third-order valence-corrected chi connectivity index (χ3v) is 5.09. The number of hydrogen-bond acceptors (Lipinski definition) is 4. The molecule has 2 aromatic heterocycles. The highest BCUT2D eigenvalue weighted by Gasteiger charge is 2.40.